The molecule has 3 rings (SSSR count). The Balaban J connectivity index is 0.00000183. The quantitative estimate of drug-likeness (QED) is 0.116. The lowest BCUT2D eigenvalue weighted by Gasteiger charge is -2.38. The van der Waals surface area contributed by atoms with Crippen molar-refractivity contribution >= 4 is 42.4 Å². The molecular formula is C37H47F4N5O3. The Labute approximate surface area is 287 Å². The molecule has 3 N–H and O–H groups in total. The number of primary amides is 1. The number of carbonyl (C=O) groups is 3. The van der Waals surface area contributed by atoms with Crippen molar-refractivity contribution in [1.82, 2.24) is 4.90 Å². The summed E-state index contributed by atoms with van der Waals surface area (Å²) < 4.78 is 45.4. The lowest BCUT2D eigenvalue weighted by Crippen LogP contribution is -2.44. The summed E-state index contributed by atoms with van der Waals surface area (Å²) in [6.07, 6.45) is 6.90. The lowest BCUT2D eigenvalue weighted by atomic mass is 10.0. The molecule has 266 valence electrons. The number of amides is 1. The monoisotopic (exact) mass is 685 g/mol. The molecule has 8 nitrogen and oxygen atoms in total. The molecule has 1 aliphatic heterocycles. The second-order valence-corrected chi connectivity index (χ2v) is 10.7. The van der Waals surface area contributed by atoms with Crippen LogP contribution in [0.25, 0.3) is 5.70 Å². The number of nitrogens with two attached hydrogens (primary N) is 1. The van der Waals surface area contributed by atoms with E-state index in [1.54, 1.807) is 18.2 Å². The van der Waals surface area contributed by atoms with Crippen LogP contribution >= 0.6 is 0 Å². The van der Waals surface area contributed by atoms with Gasteiger partial charge in [-0.1, -0.05) is 48.6 Å². The fourth-order valence-electron chi connectivity index (χ4n) is 4.65. The SMILES string of the molecule is C=C/C=C\C(C)=C(/C)CN(C)C1CCN(c2ccc(NC(C)=N/C(=C\C=C)c3ccc(F)cc3)cc2)CC1.C=O.C=O.NC(=O)C(F)(F)F. The van der Waals surface area contributed by atoms with Crippen molar-refractivity contribution in [2.45, 2.75) is 45.8 Å². The number of carbonyl (C=O) groups excluding carboxylic acids is 3. The fourth-order valence-corrected chi connectivity index (χ4v) is 4.65. The number of hydrogen-bond donors (Lipinski definition) is 2. The molecule has 0 aliphatic carbocycles. The minimum atomic E-state index is -4.86. The van der Waals surface area contributed by atoms with Gasteiger partial charge in [-0.25, -0.2) is 9.38 Å². The van der Waals surface area contributed by atoms with E-state index in [4.69, 9.17) is 19.4 Å². The summed E-state index contributed by atoms with van der Waals surface area (Å²) in [5.41, 5.74) is 10.3. The Morgan fingerprint density at radius 1 is 0.980 bits per heavy atom. The fraction of sp³-hybridized carbons (Fsp3) is 0.297. The first kappa shape index (κ1) is 43.9. The standard InChI is InChI=1S/C33H41FN4.C2H2F3NO.2CH2O/c1-7-9-11-25(3)26(4)24-37(6)31-20-22-38(23-21-31)32-18-16-30(17-19-32)35-27(5)36-33(10-8-2)28-12-14-29(34)15-13-28;3-2(4,5)1(6)7;2*1-2/h7-19,31H,1-2,20-24H2,3-6H3,(H,35,36);(H2,6,7);2*1H2/b11-9-,26-25+,33-10-;;;. The number of rotatable bonds is 10. The second kappa shape index (κ2) is 23.3. The van der Waals surface area contributed by atoms with Gasteiger partial charge in [0, 0.05) is 42.6 Å². The van der Waals surface area contributed by atoms with Crippen LogP contribution in [0.4, 0.5) is 28.9 Å². The number of aliphatic imine (C=N–C) groups is 1. The number of hydrogen-bond acceptors (Lipinski definition) is 6. The number of nitrogens with zero attached hydrogens (tertiary/aromatic N) is 3. The molecule has 1 heterocycles. The number of amidine groups is 1. The maximum absolute atomic E-state index is 13.3. The molecule has 1 aliphatic rings. The highest BCUT2D eigenvalue weighted by atomic mass is 19.4. The zero-order chi connectivity index (χ0) is 37.6. The van der Waals surface area contributed by atoms with Crippen molar-refractivity contribution in [2.24, 2.45) is 10.7 Å². The number of benzene rings is 2. The van der Waals surface area contributed by atoms with Crippen LogP contribution < -0.4 is 16.0 Å². The molecule has 2 aromatic carbocycles. The van der Waals surface area contributed by atoms with Crippen LogP contribution in [0.1, 0.15) is 39.2 Å². The zero-order valence-electron chi connectivity index (χ0n) is 28.6. The lowest BCUT2D eigenvalue weighted by molar-refractivity contribution is -0.169. The van der Waals surface area contributed by atoms with Gasteiger partial charge in [0.1, 0.15) is 25.2 Å². The van der Waals surface area contributed by atoms with Crippen molar-refractivity contribution < 1.29 is 31.9 Å². The molecule has 49 heavy (non-hydrogen) atoms. The Hall–Kier alpha value is -5.10. The van der Waals surface area contributed by atoms with E-state index in [2.05, 4.69) is 85.2 Å². The molecule has 0 saturated carbocycles. The van der Waals surface area contributed by atoms with Crippen LogP contribution in [-0.2, 0) is 14.4 Å². The van der Waals surface area contributed by atoms with Crippen LogP contribution in [0.15, 0.2) is 108 Å². The smallest absolute Gasteiger partial charge is 0.371 e. The summed E-state index contributed by atoms with van der Waals surface area (Å²) in [5, 5.41) is 3.36. The Morgan fingerprint density at radius 2 is 1.51 bits per heavy atom. The van der Waals surface area contributed by atoms with Gasteiger partial charge < -0.3 is 25.5 Å². The number of piperidine rings is 1. The van der Waals surface area contributed by atoms with Gasteiger partial charge in [0.25, 0.3) is 0 Å². The molecule has 0 bridgehead atoms. The van der Waals surface area contributed by atoms with Gasteiger partial charge in [0.2, 0.25) is 0 Å². The number of nitrogens with one attached hydrogen (secondary N) is 1. The van der Waals surface area contributed by atoms with Gasteiger partial charge in [0.15, 0.2) is 0 Å². The highest BCUT2D eigenvalue weighted by Crippen LogP contribution is 2.25. The average Bonchev–Trinajstić information content (AvgIpc) is 3.09. The predicted molar refractivity (Wildman–Crippen MR) is 193 cm³/mol. The van der Waals surface area contributed by atoms with Crippen molar-refractivity contribution in [1.29, 1.82) is 0 Å². The molecule has 0 spiro atoms. The molecule has 1 amide bonds. The Bertz CT molecular complexity index is 1440. The van der Waals surface area contributed by atoms with Crippen LogP contribution in [0.3, 0.4) is 0 Å². The minimum Gasteiger partial charge on any atom is -0.371 e. The largest absolute Gasteiger partial charge is 0.470 e. The van der Waals surface area contributed by atoms with E-state index in [0.29, 0.717) is 6.04 Å². The summed E-state index contributed by atoms with van der Waals surface area (Å²) in [6, 6.07) is 15.4. The van der Waals surface area contributed by atoms with Crippen molar-refractivity contribution in [3.63, 3.8) is 0 Å². The third kappa shape index (κ3) is 16.5. The molecule has 0 radical (unpaired) electrons. The maximum Gasteiger partial charge on any atom is 0.470 e. The Kier molecular flexibility index (Phi) is 20.8. The molecular weight excluding hydrogens is 638 g/mol. The van der Waals surface area contributed by atoms with Crippen LogP contribution in [-0.4, -0.2) is 69.1 Å². The van der Waals surface area contributed by atoms with E-state index >= 15 is 0 Å². The summed E-state index contributed by atoms with van der Waals surface area (Å²) >= 11 is 0. The van der Waals surface area contributed by atoms with E-state index in [1.807, 2.05) is 38.7 Å². The topological polar surface area (TPSA) is 108 Å². The van der Waals surface area contributed by atoms with E-state index in [0.717, 1.165) is 55.3 Å². The van der Waals surface area contributed by atoms with E-state index in [9.17, 15) is 17.6 Å². The van der Waals surface area contributed by atoms with Crippen molar-refractivity contribution in [3.05, 3.63) is 115 Å². The van der Waals surface area contributed by atoms with E-state index in [1.165, 1.54) is 29.0 Å². The van der Waals surface area contributed by atoms with Gasteiger partial charge in [-0.05, 0) is 95.3 Å². The summed E-state index contributed by atoms with van der Waals surface area (Å²) in [5.74, 6) is -1.78. The molecule has 0 unspecified atom stereocenters. The van der Waals surface area contributed by atoms with E-state index in [-0.39, 0.29) is 5.82 Å². The number of halogens is 4. The highest BCUT2D eigenvalue weighted by molar-refractivity contribution is 5.97. The number of anilines is 2. The van der Waals surface area contributed by atoms with Crippen LogP contribution in [0, 0.1) is 5.82 Å². The van der Waals surface area contributed by atoms with Crippen LogP contribution in [0.5, 0.6) is 0 Å². The normalized spacial score (nSPS) is 14.3. The number of allylic oxidation sites excluding steroid dienone is 6. The Morgan fingerprint density at radius 3 is 1.98 bits per heavy atom. The molecule has 2 aromatic rings. The molecule has 12 heteroatoms. The molecule has 1 fully saturated rings. The second-order valence-electron chi connectivity index (χ2n) is 10.7. The average molecular weight is 686 g/mol. The third-order valence-electron chi connectivity index (χ3n) is 7.27. The number of likely N-dealkylation sites (N-methyl/N-ethyl adjacent to an activating group) is 1. The first-order valence-electron chi connectivity index (χ1n) is 15.1. The van der Waals surface area contributed by atoms with Gasteiger partial charge in [-0.3, -0.25) is 9.69 Å². The first-order valence-corrected chi connectivity index (χ1v) is 15.1. The zero-order valence-corrected chi connectivity index (χ0v) is 28.6. The molecule has 1 saturated heterocycles. The predicted octanol–water partition coefficient (Wildman–Crippen LogP) is 7.53. The minimum absolute atomic E-state index is 0.267. The maximum atomic E-state index is 13.3. The van der Waals surface area contributed by atoms with Gasteiger partial charge in [-0.15, -0.1) is 0 Å². The van der Waals surface area contributed by atoms with Gasteiger partial charge >= 0.3 is 12.1 Å². The van der Waals surface area contributed by atoms with Crippen molar-refractivity contribution in [3.8, 4) is 0 Å². The third-order valence-corrected chi connectivity index (χ3v) is 7.27. The number of alkyl halides is 3. The van der Waals surface area contributed by atoms with Crippen molar-refractivity contribution in [2.75, 3.05) is 36.9 Å². The summed E-state index contributed by atoms with van der Waals surface area (Å²) in [7, 11) is 2.24. The molecule has 0 aromatic heterocycles. The molecule has 0 atom stereocenters. The summed E-state index contributed by atoms with van der Waals surface area (Å²) in [4.78, 5) is 34.8. The van der Waals surface area contributed by atoms with E-state index < -0.39 is 12.1 Å². The van der Waals surface area contributed by atoms with Gasteiger partial charge in [0.05, 0.1) is 5.70 Å². The van der Waals surface area contributed by atoms with Crippen LogP contribution in [0.2, 0.25) is 0 Å². The summed E-state index contributed by atoms with van der Waals surface area (Å²) in [6.45, 7) is 20.9. The first-order chi connectivity index (χ1) is 23.2. The van der Waals surface area contributed by atoms with Gasteiger partial charge in [-0.2, -0.15) is 13.2 Å². The highest BCUT2D eigenvalue weighted by Gasteiger charge is 2.35.